The number of nitrogens with one attached hydrogen (secondary N) is 5. The van der Waals surface area contributed by atoms with E-state index in [0.717, 1.165) is 25.3 Å². The van der Waals surface area contributed by atoms with E-state index in [1.807, 2.05) is 5.43 Å². The maximum Gasteiger partial charge on any atom is 0.423 e. The second kappa shape index (κ2) is 10.3. The largest absolute Gasteiger partial charge is 0.464 e. The van der Waals surface area contributed by atoms with E-state index in [4.69, 9.17) is 15.3 Å². The number of hydrogen-bond acceptors (Lipinski definition) is 6. The molecule has 11 heteroatoms. The van der Waals surface area contributed by atoms with Crippen LogP contribution in [0.15, 0.2) is 12.1 Å². The predicted octanol–water partition coefficient (Wildman–Crippen LogP) is 3.37. The Labute approximate surface area is 185 Å². The Morgan fingerprint density at radius 1 is 1.22 bits per heavy atom. The van der Waals surface area contributed by atoms with Gasteiger partial charge in [-0.25, -0.2) is 19.4 Å². The number of carbonyl (C=O) groups is 3. The lowest BCUT2D eigenvalue weighted by Gasteiger charge is -2.29. The number of anilines is 1. The van der Waals surface area contributed by atoms with Crippen LogP contribution in [0.5, 0.6) is 0 Å². The van der Waals surface area contributed by atoms with E-state index in [1.54, 1.807) is 33.1 Å². The molecule has 1 aliphatic carbocycles. The number of halogens is 1. The number of benzene rings is 1. The molecule has 2 rings (SSSR count). The van der Waals surface area contributed by atoms with Crippen molar-refractivity contribution in [1.82, 2.24) is 16.2 Å². The molecule has 6 N–H and O–H groups in total. The van der Waals surface area contributed by atoms with Crippen LogP contribution in [0, 0.1) is 11.2 Å². The summed E-state index contributed by atoms with van der Waals surface area (Å²) in [7, 11) is 0. The summed E-state index contributed by atoms with van der Waals surface area (Å²) in [6.45, 7) is 6.86. The Kier molecular flexibility index (Phi) is 8.01. The van der Waals surface area contributed by atoms with E-state index in [9.17, 15) is 18.8 Å². The van der Waals surface area contributed by atoms with E-state index >= 15 is 0 Å². The van der Waals surface area contributed by atoms with Gasteiger partial charge in [0, 0.05) is 35.5 Å². The number of amides is 3. The fourth-order valence-electron chi connectivity index (χ4n) is 3.04. The average Bonchev–Trinajstić information content (AvgIpc) is 2.61. The van der Waals surface area contributed by atoms with Crippen LogP contribution in [0.3, 0.4) is 0 Å². The molecule has 3 amide bonds. The lowest BCUT2D eigenvalue weighted by molar-refractivity contribution is 0.0510. The van der Waals surface area contributed by atoms with Gasteiger partial charge in [0.1, 0.15) is 11.4 Å². The second-order valence-electron chi connectivity index (χ2n) is 8.76. The van der Waals surface area contributed by atoms with Crippen molar-refractivity contribution < 1.29 is 28.6 Å². The fraction of sp³-hybridized carbons (Fsp3) is 0.524. The molecule has 1 unspecified atom stereocenters. The van der Waals surface area contributed by atoms with Gasteiger partial charge in [0.15, 0.2) is 0 Å². The molecule has 1 saturated carbocycles. The van der Waals surface area contributed by atoms with Gasteiger partial charge in [0.25, 0.3) is 5.91 Å². The van der Waals surface area contributed by atoms with Gasteiger partial charge in [0.2, 0.25) is 0 Å². The van der Waals surface area contributed by atoms with Gasteiger partial charge in [-0.15, -0.1) is 0 Å². The SMILES string of the molecule is CC(CC(=N)c1cc(NC2CCC2)c(C(=O)NNC(=O)O)cc1F)NC(=O)OC(C)(C)C. The van der Waals surface area contributed by atoms with Crippen LogP contribution in [0.1, 0.15) is 69.3 Å². The predicted molar refractivity (Wildman–Crippen MR) is 117 cm³/mol. The number of carbonyl (C=O) groups excluding carboxylic acids is 2. The minimum Gasteiger partial charge on any atom is -0.464 e. The number of hydrazine groups is 1. The van der Waals surface area contributed by atoms with Crippen LogP contribution in [0.25, 0.3) is 0 Å². The van der Waals surface area contributed by atoms with Gasteiger partial charge < -0.3 is 25.9 Å². The molecule has 1 fully saturated rings. The van der Waals surface area contributed by atoms with Gasteiger partial charge in [-0.1, -0.05) is 0 Å². The van der Waals surface area contributed by atoms with Gasteiger partial charge in [0.05, 0.1) is 5.56 Å². The molecule has 0 aromatic heterocycles. The second-order valence-corrected chi connectivity index (χ2v) is 8.76. The van der Waals surface area contributed by atoms with Crippen LogP contribution in [0.2, 0.25) is 0 Å². The van der Waals surface area contributed by atoms with Crippen molar-refractivity contribution >= 4 is 29.5 Å². The summed E-state index contributed by atoms with van der Waals surface area (Å²) in [5.74, 6) is -1.63. The Morgan fingerprint density at radius 2 is 1.88 bits per heavy atom. The van der Waals surface area contributed by atoms with Crippen LogP contribution >= 0.6 is 0 Å². The smallest absolute Gasteiger partial charge is 0.423 e. The maximum absolute atomic E-state index is 14.8. The third-order valence-corrected chi connectivity index (χ3v) is 4.70. The summed E-state index contributed by atoms with van der Waals surface area (Å²) < 4.78 is 20.0. The van der Waals surface area contributed by atoms with Crippen molar-refractivity contribution in [3.05, 3.63) is 29.1 Å². The molecule has 0 spiro atoms. The number of ether oxygens (including phenoxy) is 1. The summed E-state index contributed by atoms with van der Waals surface area (Å²) in [6, 6.07) is 1.94. The molecule has 0 heterocycles. The summed E-state index contributed by atoms with van der Waals surface area (Å²) in [5, 5.41) is 22.8. The van der Waals surface area contributed by atoms with Gasteiger partial charge in [-0.2, -0.15) is 0 Å². The highest BCUT2D eigenvalue weighted by Crippen LogP contribution is 2.28. The van der Waals surface area contributed by atoms with Crippen molar-refractivity contribution in [1.29, 1.82) is 5.41 Å². The molecule has 1 atom stereocenters. The normalized spacial score (nSPS) is 14.5. The summed E-state index contributed by atoms with van der Waals surface area (Å²) >= 11 is 0. The lowest BCUT2D eigenvalue weighted by Crippen LogP contribution is -2.41. The molecular formula is C21H30FN5O5. The minimum atomic E-state index is -1.46. The number of alkyl carbamates (subject to hydrolysis) is 1. The fourth-order valence-corrected chi connectivity index (χ4v) is 3.04. The highest BCUT2D eigenvalue weighted by molar-refractivity contribution is 6.04. The number of carboxylic acid groups (broad SMARTS) is 1. The zero-order valence-electron chi connectivity index (χ0n) is 18.6. The molecule has 0 radical (unpaired) electrons. The molecule has 1 aliphatic rings. The quantitative estimate of drug-likeness (QED) is 0.276. The molecule has 10 nitrogen and oxygen atoms in total. The Balaban J connectivity index is 2.18. The van der Waals surface area contributed by atoms with Crippen LogP contribution < -0.4 is 21.5 Å². The monoisotopic (exact) mass is 451 g/mol. The Hall–Kier alpha value is -3.37. The number of hydrogen-bond donors (Lipinski definition) is 6. The summed E-state index contributed by atoms with van der Waals surface area (Å²) in [4.78, 5) is 34.9. The van der Waals surface area contributed by atoms with Crippen molar-refractivity contribution in [2.75, 3.05) is 5.32 Å². The molecule has 32 heavy (non-hydrogen) atoms. The third-order valence-electron chi connectivity index (χ3n) is 4.70. The molecule has 1 aromatic rings. The zero-order valence-corrected chi connectivity index (χ0v) is 18.6. The first-order valence-electron chi connectivity index (χ1n) is 10.3. The van der Waals surface area contributed by atoms with Gasteiger partial charge in [-0.3, -0.25) is 10.2 Å². The molecular weight excluding hydrogens is 421 g/mol. The van der Waals surface area contributed by atoms with Crippen molar-refractivity contribution in [2.24, 2.45) is 0 Å². The molecule has 0 bridgehead atoms. The highest BCUT2D eigenvalue weighted by atomic mass is 19.1. The summed E-state index contributed by atoms with van der Waals surface area (Å²) in [6.07, 6.45) is 0.730. The minimum absolute atomic E-state index is 0.0209. The van der Waals surface area contributed by atoms with E-state index in [2.05, 4.69) is 10.6 Å². The average molecular weight is 451 g/mol. The van der Waals surface area contributed by atoms with Gasteiger partial charge >= 0.3 is 12.2 Å². The van der Waals surface area contributed by atoms with E-state index in [-0.39, 0.29) is 29.3 Å². The van der Waals surface area contributed by atoms with Crippen molar-refractivity contribution in [3.8, 4) is 0 Å². The molecule has 0 saturated heterocycles. The Bertz CT molecular complexity index is 895. The molecule has 1 aromatic carbocycles. The van der Waals surface area contributed by atoms with Crippen LogP contribution in [0.4, 0.5) is 19.7 Å². The maximum atomic E-state index is 14.8. The van der Waals surface area contributed by atoms with Gasteiger partial charge in [-0.05, 0) is 59.1 Å². The molecule has 0 aliphatic heterocycles. The van der Waals surface area contributed by atoms with E-state index in [0.29, 0.717) is 5.69 Å². The van der Waals surface area contributed by atoms with Crippen LogP contribution in [-0.4, -0.2) is 46.6 Å². The van der Waals surface area contributed by atoms with Crippen molar-refractivity contribution in [2.45, 2.75) is 71.1 Å². The first-order chi connectivity index (χ1) is 14.9. The first kappa shape index (κ1) is 24.9. The number of rotatable bonds is 7. The molecule has 176 valence electrons. The highest BCUT2D eigenvalue weighted by Gasteiger charge is 2.24. The van der Waals surface area contributed by atoms with Crippen LogP contribution in [-0.2, 0) is 4.74 Å². The van der Waals surface area contributed by atoms with Crippen molar-refractivity contribution in [3.63, 3.8) is 0 Å². The topological polar surface area (TPSA) is 153 Å². The standard InChI is InChI=1S/C21H30FN5O5/c1-11(24-20(31)32-21(2,3)4)8-16(23)13-10-17(25-12-6-5-7-12)14(9-15(13)22)18(28)26-27-19(29)30/h9-12,23,25,27H,5-8H2,1-4H3,(H,24,31)(H,26,28)(H,29,30). The first-order valence-corrected chi connectivity index (χ1v) is 10.3. The summed E-state index contributed by atoms with van der Waals surface area (Å²) in [5.41, 5.74) is 3.18. The lowest BCUT2D eigenvalue weighted by atomic mass is 9.92. The Morgan fingerprint density at radius 3 is 2.41 bits per heavy atom. The third kappa shape index (κ3) is 7.40. The van der Waals surface area contributed by atoms with E-state index in [1.165, 1.54) is 6.07 Å². The zero-order chi connectivity index (χ0) is 24.1. The van der Waals surface area contributed by atoms with E-state index < -0.39 is 35.6 Å².